The Labute approximate surface area is 194 Å². The van der Waals surface area contributed by atoms with Crippen molar-refractivity contribution in [1.82, 2.24) is 14.7 Å². The lowest BCUT2D eigenvalue weighted by atomic mass is 10.1. The summed E-state index contributed by atoms with van der Waals surface area (Å²) in [5, 5.41) is 14.2. The minimum Gasteiger partial charge on any atom is -0.508 e. The molecule has 1 unspecified atom stereocenters. The highest BCUT2D eigenvalue weighted by Crippen LogP contribution is 2.35. The molecule has 1 saturated heterocycles. The van der Waals surface area contributed by atoms with E-state index in [-0.39, 0.29) is 29.9 Å². The maximum atomic E-state index is 13.6. The van der Waals surface area contributed by atoms with Gasteiger partial charge in [-0.1, -0.05) is 12.1 Å². The number of benzene rings is 3. The Balaban J connectivity index is 1.50. The number of carbonyl (C=O) groups is 1. The summed E-state index contributed by atoms with van der Waals surface area (Å²) < 4.78 is 34.5. The number of ether oxygens (including phenoxy) is 1. The second-order valence-electron chi connectivity index (χ2n) is 8.03. The number of nitrogens with zero attached hydrogens (tertiary/aromatic N) is 3. The molecule has 1 aliphatic rings. The van der Waals surface area contributed by atoms with E-state index in [0.29, 0.717) is 35.5 Å². The molecular formula is C26H21F2N3O3. The van der Waals surface area contributed by atoms with Gasteiger partial charge < -0.3 is 14.7 Å². The lowest BCUT2D eigenvalue weighted by molar-refractivity contribution is -0.128. The van der Waals surface area contributed by atoms with Crippen LogP contribution in [-0.2, 0) is 16.0 Å². The highest BCUT2D eigenvalue weighted by Gasteiger charge is 2.36. The van der Waals surface area contributed by atoms with E-state index >= 15 is 0 Å². The molecule has 1 fully saturated rings. The van der Waals surface area contributed by atoms with Gasteiger partial charge in [0.05, 0.1) is 5.69 Å². The Morgan fingerprint density at radius 1 is 0.941 bits per heavy atom. The van der Waals surface area contributed by atoms with Gasteiger partial charge in [0.15, 0.2) is 6.23 Å². The zero-order chi connectivity index (χ0) is 23.7. The van der Waals surface area contributed by atoms with Crippen molar-refractivity contribution in [3.8, 4) is 22.7 Å². The summed E-state index contributed by atoms with van der Waals surface area (Å²) in [6, 6.07) is 18.6. The Morgan fingerprint density at radius 3 is 2.26 bits per heavy atom. The predicted octanol–water partition coefficient (Wildman–Crippen LogP) is 4.62. The Bertz CT molecular complexity index is 1300. The van der Waals surface area contributed by atoms with E-state index in [0.717, 1.165) is 5.56 Å². The molecular weight excluding hydrogens is 440 g/mol. The van der Waals surface area contributed by atoms with Gasteiger partial charge in [0.1, 0.15) is 29.7 Å². The first-order valence-corrected chi connectivity index (χ1v) is 10.8. The Kier molecular flexibility index (Phi) is 5.81. The van der Waals surface area contributed by atoms with Crippen LogP contribution in [0, 0.1) is 11.6 Å². The average Bonchev–Trinajstić information content (AvgIpc) is 3.43. The number of hydrogen-bond acceptors (Lipinski definition) is 4. The molecule has 1 aromatic heterocycles. The van der Waals surface area contributed by atoms with Crippen LogP contribution in [0.4, 0.5) is 8.78 Å². The van der Waals surface area contributed by atoms with Crippen molar-refractivity contribution in [1.29, 1.82) is 0 Å². The number of amides is 1. The third-order valence-electron chi connectivity index (χ3n) is 5.76. The summed E-state index contributed by atoms with van der Waals surface area (Å²) in [7, 11) is 0. The lowest BCUT2D eigenvalue weighted by Gasteiger charge is -2.23. The van der Waals surface area contributed by atoms with Crippen LogP contribution < -0.4 is 0 Å². The summed E-state index contributed by atoms with van der Waals surface area (Å²) in [5.74, 6) is -0.700. The quantitative estimate of drug-likeness (QED) is 0.455. The molecule has 172 valence electrons. The number of phenolic OH excluding ortho intramolecular Hbond substituents is 1. The smallest absolute Gasteiger partial charge is 0.250 e. The maximum Gasteiger partial charge on any atom is 0.250 e. The first kappa shape index (κ1) is 21.8. The third-order valence-corrected chi connectivity index (χ3v) is 5.76. The largest absolute Gasteiger partial charge is 0.508 e. The SMILES string of the molecule is O=C1COC(c2cn(-c3ccc(F)cc3)nc2-c2ccc(F)cc2)N1CCc1ccc(O)cc1. The van der Waals surface area contributed by atoms with Crippen molar-refractivity contribution in [2.45, 2.75) is 12.6 Å². The molecule has 0 spiro atoms. The van der Waals surface area contributed by atoms with Gasteiger partial charge in [0.2, 0.25) is 0 Å². The average molecular weight is 461 g/mol. The minimum absolute atomic E-state index is 0.0647. The molecule has 0 aliphatic carbocycles. The number of phenols is 1. The van der Waals surface area contributed by atoms with Crippen molar-refractivity contribution in [3.63, 3.8) is 0 Å². The van der Waals surface area contributed by atoms with Gasteiger partial charge in [-0.05, 0) is 72.6 Å². The standard InChI is InChI=1S/C26H21F2N3O3/c27-19-5-3-18(4-6-19)25-23(15-31(29-25)21-9-7-20(28)8-10-21)26-30(24(33)16-34-26)14-13-17-1-11-22(32)12-2-17/h1-12,15,26,32H,13-14,16H2. The minimum atomic E-state index is -0.682. The second-order valence-corrected chi connectivity index (χ2v) is 8.03. The van der Waals surface area contributed by atoms with E-state index in [9.17, 15) is 18.7 Å². The molecule has 5 rings (SSSR count). The van der Waals surface area contributed by atoms with Crippen LogP contribution in [-0.4, -0.2) is 38.8 Å². The molecule has 6 nitrogen and oxygen atoms in total. The van der Waals surface area contributed by atoms with Gasteiger partial charge in [-0.3, -0.25) is 4.79 Å². The molecule has 2 heterocycles. The number of aromatic nitrogens is 2. The summed E-state index contributed by atoms with van der Waals surface area (Å²) in [4.78, 5) is 14.3. The number of carbonyl (C=O) groups excluding carboxylic acids is 1. The Morgan fingerprint density at radius 2 is 1.59 bits per heavy atom. The van der Waals surface area contributed by atoms with Crippen LogP contribution in [0.3, 0.4) is 0 Å². The van der Waals surface area contributed by atoms with E-state index in [1.54, 1.807) is 52.2 Å². The highest BCUT2D eigenvalue weighted by atomic mass is 19.1. The molecule has 1 amide bonds. The molecule has 1 atom stereocenters. The fraction of sp³-hybridized carbons (Fsp3) is 0.154. The van der Waals surface area contributed by atoms with E-state index in [4.69, 9.17) is 4.74 Å². The van der Waals surface area contributed by atoms with Gasteiger partial charge in [-0.2, -0.15) is 5.10 Å². The highest BCUT2D eigenvalue weighted by molar-refractivity contribution is 5.80. The van der Waals surface area contributed by atoms with Crippen molar-refractivity contribution >= 4 is 5.91 Å². The molecule has 1 aliphatic heterocycles. The van der Waals surface area contributed by atoms with Crippen molar-refractivity contribution in [2.24, 2.45) is 0 Å². The number of aromatic hydroxyl groups is 1. The molecule has 3 aromatic carbocycles. The van der Waals surface area contributed by atoms with E-state index in [2.05, 4.69) is 5.10 Å². The van der Waals surface area contributed by atoms with Crippen LogP contribution >= 0.6 is 0 Å². The molecule has 8 heteroatoms. The predicted molar refractivity (Wildman–Crippen MR) is 121 cm³/mol. The van der Waals surface area contributed by atoms with Crippen LogP contribution in [0.5, 0.6) is 5.75 Å². The molecule has 34 heavy (non-hydrogen) atoms. The zero-order valence-electron chi connectivity index (χ0n) is 18.1. The maximum absolute atomic E-state index is 13.6. The third kappa shape index (κ3) is 4.40. The van der Waals surface area contributed by atoms with Gasteiger partial charge in [-0.25, -0.2) is 13.5 Å². The zero-order valence-corrected chi connectivity index (χ0v) is 18.1. The summed E-state index contributed by atoms with van der Waals surface area (Å²) in [6.07, 6.45) is 1.64. The van der Waals surface area contributed by atoms with Crippen LogP contribution in [0.2, 0.25) is 0 Å². The van der Waals surface area contributed by atoms with Crippen molar-refractivity contribution in [2.75, 3.05) is 13.2 Å². The number of halogens is 2. The molecule has 4 aromatic rings. The van der Waals surface area contributed by atoms with E-state index in [1.165, 1.54) is 24.3 Å². The number of rotatable bonds is 6. The normalized spacial score (nSPS) is 15.8. The van der Waals surface area contributed by atoms with E-state index in [1.807, 2.05) is 12.1 Å². The summed E-state index contributed by atoms with van der Waals surface area (Å²) in [6.45, 7) is 0.337. The molecule has 0 radical (unpaired) electrons. The monoisotopic (exact) mass is 461 g/mol. The molecule has 1 N–H and O–H groups in total. The molecule has 0 bridgehead atoms. The first-order chi connectivity index (χ1) is 16.5. The fourth-order valence-electron chi connectivity index (χ4n) is 3.99. The summed E-state index contributed by atoms with van der Waals surface area (Å²) in [5.41, 5.74) is 3.46. The fourth-order valence-corrected chi connectivity index (χ4v) is 3.99. The van der Waals surface area contributed by atoms with Crippen LogP contribution in [0.25, 0.3) is 16.9 Å². The molecule has 0 saturated carbocycles. The van der Waals surface area contributed by atoms with Crippen molar-refractivity contribution < 1.29 is 23.4 Å². The summed E-state index contributed by atoms with van der Waals surface area (Å²) >= 11 is 0. The topological polar surface area (TPSA) is 67.6 Å². The van der Waals surface area contributed by atoms with E-state index < -0.39 is 6.23 Å². The van der Waals surface area contributed by atoms with Gasteiger partial charge in [0, 0.05) is 23.9 Å². The van der Waals surface area contributed by atoms with Crippen molar-refractivity contribution in [3.05, 3.63) is 102 Å². The van der Waals surface area contributed by atoms with Gasteiger partial charge in [0.25, 0.3) is 5.91 Å². The van der Waals surface area contributed by atoms with Crippen LogP contribution in [0.15, 0.2) is 79.0 Å². The second kappa shape index (κ2) is 9.07. The van der Waals surface area contributed by atoms with Crippen LogP contribution in [0.1, 0.15) is 17.4 Å². The van der Waals surface area contributed by atoms with Gasteiger partial charge in [-0.15, -0.1) is 0 Å². The Hall–Kier alpha value is -4.04. The first-order valence-electron chi connectivity index (χ1n) is 10.8. The van der Waals surface area contributed by atoms with Gasteiger partial charge >= 0.3 is 0 Å². The lowest BCUT2D eigenvalue weighted by Crippen LogP contribution is -2.30. The number of hydrogen-bond donors (Lipinski definition) is 1.